The zero-order valence-corrected chi connectivity index (χ0v) is 9.76. The first kappa shape index (κ1) is 13.6. The maximum absolute atomic E-state index is 11.0. The van der Waals surface area contributed by atoms with Gasteiger partial charge in [0, 0.05) is 19.5 Å². The molecule has 0 bridgehead atoms. The quantitative estimate of drug-likeness (QED) is 0.470. The summed E-state index contributed by atoms with van der Waals surface area (Å²) in [6, 6.07) is 0. The second kappa shape index (κ2) is 7.75. The van der Waals surface area contributed by atoms with Crippen molar-refractivity contribution in [2.45, 2.75) is 25.9 Å². The molecule has 0 fully saturated rings. The Kier molecular flexibility index (Phi) is 6.19. The Morgan fingerprint density at radius 3 is 3.18 bits per heavy atom. The van der Waals surface area contributed by atoms with Gasteiger partial charge in [-0.2, -0.15) is 4.98 Å². The summed E-state index contributed by atoms with van der Waals surface area (Å²) in [6.07, 6.45) is 1.15. The first-order valence-corrected chi connectivity index (χ1v) is 5.52. The van der Waals surface area contributed by atoms with Gasteiger partial charge in [0.2, 0.25) is 6.39 Å². The van der Waals surface area contributed by atoms with E-state index in [0.717, 1.165) is 0 Å². The van der Waals surface area contributed by atoms with E-state index in [9.17, 15) is 9.90 Å². The highest BCUT2D eigenvalue weighted by Gasteiger charge is 2.10. The average Bonchev–Trinajstić information content (AvgIpc) is 2.77. The normalized spacial score (nSPS) is 12.4. The van der Waals surface area contributed by atoms with Gasteiger partial charge in [-0.15, -0.1) is 0 Å². The fraction of sp³-hybridized carbons (Fsp3) is 0.700. The summed E-state index contributed by atoms with van der Waals surface area (Å²) in [7, 11) is 0. The number of nitrogens with zero attached hydrogens (tertiary/aromatic N) is 2. The van der Waals surface area contributed by atoms with Crippen LogP contribution in [0.4, 0.5) is 0 Å². The number of aliphatic hydroxyl groups is 1. The van der Waals surface area contributed by atoms with Gasteiger partial charge in [0.15, 0.2) is 5.82 Å². The van der Waals surface area contributed by atoms with Gasteiger partial charge in [-0.3, -0.25) is 4.79 Å². The Balaban J connectivity index is 2.04. The minimum Gasteiger partial charge on any atom is -0.466 e. The largest absolute Gasteiger partial charge is 0.466 e. The molecule has 0 spiro atoms. The molecule has 1 unspecified atom stereocenters. The first-order chi connectivity index (χ1) is 8.22. The van der Waals surface area contributed by atoms with Crippen LogP contribution in [0.25, 0.3) is 0 Å². The van der Waals surface area contributed by atoms with Gasteiger partial charge in [0.05, 0.1) is 19.1 Å². The van der Waals surface area contributed by atoms with Crippen molar-refractivity contribution in [3.63, 3.8) is 0 Å². The smallest absolute Gasteiger partial charge is 0.308 e. The molecule has 7 nitrogen and oxygen atoms in total. The number of esters is 1. The van der Waals surface area contributed by atoms with Gasteiger partial charge in [-0.1, -0.05) is 5.16 Å². The van der Waals surface area contributed by atoms with Crippen LogP contribution in [-0.4, -0.2) is 47.0 Å². The molecule has 2 N–H and O–H groups in total. The monoisotopic (exact) mass is 243 g/mol. The number of hydrogen-bond donors (Lipinski definition) is 2. The molecule has 1 rings (SSSR count). The molecule has 0 aliphatic carbocycles. The number of carbonyl (C=O) groups is 1. The Bertz CT molecular complexity index is 315. The minimum absolute atomic E-state index is 0.00303. The Hall–Kier alpha value is -1.47. The Morgan fingerprint density at radius 2 is 2.53 bits per heavy atom. The predicted octanol–water partition coefficient (Wildman–Crippen LogP) is -0.484. The van der Waals surface area contributed by atoms with Crippen LogP contribution >= 0.6 is 0 Å². The van der Waals surface area contributed by atoms with Crippen LogP contribution in [0.5, 0.6) is 0 Å². The van der Waals surface area contributed by atoms with Crippen LogP contribution in [0, 0.1) is 0 Å². The second-order valence-electron chi connectivity index (χ2n) is 3.46. The molecule has 0 aliphatic rings. The van der Waals surface area contributed by atoms with Crippen LogP contribution in [0.15, 0.2) is 10.9 Å². The van der Waals surface area contributed by atoms with E-state index in [1.54, 1.807) is 6.92 Å². The van der Waals surface area contributed by atoms with Crippen molar-refractivity contribution >= 4 is 5.97 Å². The van der Waals surface area contributed by atoms with E-state index in [2.05, 4.69) is 20.0 Å². The summed E-state index contributed by atoms with van der Waals surface area (Å²) in [5.41, 5.74) is 0. The van der Waals surface area contributed by atoms with Crippen LogP contribution in [0.1, 0.15) is 19.2 Å². The van der Waals surface area contributed by atoms with Crippen LogP contribution < -0.4 is 5.32 Å². The number of aliphatic hydroxyl groups excluding tert-OH is 1. The van der Waals surface area contributed by atoms with E-state index in [-0.39, 0.29) is 12.4 Å². The lowest BCUT2D eigenvalue weighted by atomic mass is 10.2. The molecule has 17 heavy (non-hydrogen) atoms. The molecule has 7 heteroatoms. The zero-order chi connectivity index (χ0) is 12.5. The fourth-order valence-corrected chi connectivity index (χ4v) is 1.26. The molecule has 0 aliphatic heterocycles. The number of carbonyl (C=O) groups excluding carboxylic acids is 1. The standard InChI is InChI=1S/C10H17N3O4/c1-2-16-10(15)5-8(14)6-11-4-3-9-12-7-17-13-9/h7-8,11,14H,2-6H2,1H3. The molecule has 0 amide bonds. The number of hydrogen-bond acceptors (Lipinski definition) is 7. The van der Waals surface area contributed by atoms with E-state index in [1.165, 1.54) is 6.39 Å². The van der Waals surface area contributed by atoms with Gasteiger partial charge in [0.1, 0.15) is 0 Å². The van der Waals surface area contributed by atoms with Crippen LogP contribution in [0.3, 0.4) is 0 Å². The third kappa shape index (κ3) is 5.98. The number of rotatable bonds is 8. The summed E-state index contributed by atoms with van der Waals surface area (Å²) >= 11 is 0. The molecule has 1 atom stereocenters. The Labute approximate surface area is 99.2 Å². The Morgan fingerprint density at radius 1 is 1.71 bits per heavy atom. The van der Waals surface area contributed by atoms with Crippen molar-refractivity contribution in [1.82, 2.24) is 15.5 Å². The summed E-state index contributed by atoms with van der Waals surface area (Å²) < 4.78 is 9.29. The summed E-state index contributed by atoms with van der Waals surface area (Å²) in [5, 5.41) is 16.1. The van der Waals surface area contributed by atoms with Crippen molar-refractivity contribution in [3.8, 4) is 0 Å². The van der Waals surface area contributed by atoms with Crippen molar-refractivity contribution in [1.29, 1.82) is 0 Å². The number of aromatic nitrogens is 2. The lowest BCUT2D eigenvalue weighted by Gasteiger charge is -2.10. The van der Waals surface area contributed by atoms with E-state index in [0.29, 0.717) is 31.9 Å². The molecule has 1 heterocycles. The average molecular weight is 243 g/mol. The van der Waals surface area contributed by atoms with Gasteiger partial charge in [-0.25, -0.2) is 0 Å². The lowest BCUT2D eigenvalue weighted by Crippen LogP contribution is -2.30. The SMILES string of the molecule is CCOC(=O)CC(O)CNCCc1ncon1. The fourth-order valence-electron chi connectivity index (χ4n) is 1.26. The van der Waals surface area contributed by atoms with Crippen molar-refractivity contribution in [3.05, 3.63) is 12.2 Å². The van der Waals surface area contributed by atoms with E-state index in [1.807, 2.05) is 0 Å². The van der Waals surface area contributed by atoms with Crippen molar-refractivity contribution in [2.75, 3.05) is 19.7 Å². The molecule has 0 saturated carbocycles. The first-order valence-electron chi connectivity index (χ1n) is 5.52. The van der Waals surface area contributed by atoms with E-state index >= 15 is 0 Å². The molecule has 1 aromatic heterocycles. The molecule has 0 saturated heterocycles. The van der Waals surface area contributed by atoms with E-state index in [4.69, 9.17) is 4.74 Å². The van der Waals surface area contributed by atoms with E-state index < -0.39 is 6.10 Å². The van der Waals surface area contributed by atoms with Gasteiger partial charge in [0.25, 0.3) is 0 Å². The maximum Gasteiger partial charge on any atom is 0.308 e. The summed E-state index contributed by atoms with van der Waals surface area (Å²) in [6.45, 7) is 3.00. The van der Waals surface area contributed by atoms with Crippen molar-refractivity contribution in [2.24, 2.45) is 0 Å². The highest BCUT2D eigenvalue weighted by Crippen LogP contribution is 1.94. The van der Waals surface area contributed by atoms with Crippen LogP contribution in [0.2, 0.25) is 0 Å². The van der Waals surface area contributed by atoms with Gasteiger partial charge < -0.3 is 19.7 Å². The molecular formula is C10H17N3O4. The second-order valence-corrected chi connectivity index (χ2v) is 3.46. The predicted molar refractivity (Wildman–Crippen MR) is 58.1 cm³/mol. The third-order valence-electron chi connectivity index (χ3n) is 2.02. The lowest BCUT2D eigenvalue weighted by molar-refractivity contribution is -0.145. The number of ether oxygens (including phenoxy) is 1. The summed E-state index contributed by atoms with van der Waals surface area (Å²) in [4.78, 5) is 14.9. The molecule has 0 radical (unpaired) electrons. The zero-order valence-electron chi connectivity index (χ0n) is 9.76. The summed E-state index contributed by atoms with van der Waals surface area (Å²) in [5.74, 6) is 0.220. The highest BCUT2D eigenvalue weighted by atomic mass is 16.5. The maximum atomic E-state index is 11.0. The molecular weight excluding hydrogens is 226 g/mol. The third-order valence-corrected chi connectivity index (χ3v) is 2.02. The molecule has 96 valence electrons. The highest BCUT2D eigenvalue weighted by molar-refractivity contribution is 5.69. The minimum atomic E-state index is -0.737. The topological polar surface area (TPSA) is 97.5 Å². The molecule has 1 aromatic rings. The number of nitrogens with one attached hydrogen (secondary N) is 1. The van der Waals surface area contributed by atoms with Gasteiger partial charge >= 0.3 is 5.97 Å². The van der Waals surface area contributed by atoms with Crippen LogP contribution in [-0.2, 0) is 16.0 Å². The molecule has 0 aromatic carbocycles. The van der Waals surface area contributed by atoms with Gasteiger partial charge in [-0.05, 0) is 6.92 Å². The van der Waals surface area contributed by atoms with Crippen molar-refractivity contribution < 1.29 is 19.2 Å².